The first-order valence-electron chi connectivity index (χ1n) is 6.07. The highest BCUT2D eigenvalue weighted by molar-refractivity contribution is 9.10. The van der Waals surface area contributed by atoms with Gasteiger partial charge in [-0.1, -0.05) is 11.6 Å². The van der Waals surface area contributed by atoms with Gasteiger partial charge in [0.1, 0.15) is 15.9 Å². The molecule has 1 aromatic rings. The number of rotatable bonds is 6. The average Bonchev–Trinajstić information content (AvgIpc) is 2.35. The Balaban J connectivity index is 2.86. The molecule has 116 valence electrons. The second-order valence-corrected chi connectivity index (χ2v) is 7.88. The van der Waals surface area contributed by atoms with Gasteiger partial charge in [0.25, 0.3) is 5.91 Å². The Kier molecular flexibility index (Phi) is 5.91. The van der Waals surface area contributed by atoms with Crippen molar-refractivity contribution in [1.29, 1.82) is 0 Å². The fraction of sp³-hybridized carbons (Fsp3) is 0.385. The summed E-state index contributed by atoms with van der Waals surface area (Å²) in [5, 5.41) is 11.4. The summed E-state index contributed by atoms with van der Waals surface area (Å²) in [4.78, 5) is 23.2. The summed E-state index contributed by atoms with van der Waals surface area (Å²) in [6, 6.07) is 3.87. The number of carbonyl (C=O) groups is 2. The smallest absolute Gasteiger partial charge is 0.326 e. The largest absolute Gasteiger partial charge is 0.480 e. The van der Waals surface area contributed by atoms with Crippen molar-refractivity contribution in [3.8, 4) is 0 Å². The van der Waals surface area contributed by atoms with E-state index >= 15 is 0 Å². The molecule has 0 aliphatic rings. The van der Waals surface area contributed by atoms with Gasteiger partial charge in [-0.3, -0.25) is 4.79 Å². The van der Waals surface area contributed by atoms with Gasteiger partial charge in [0.2, 0.25) is 0 Å². The Morgan fingerprint density at radius 2 is 2.00 bits per heavy atom. The lowest BCUT2D eigenvalue weighted by Crippen LogP contribution is -2.42. The number of nitrogens with one attached hydrogen (secondary N) is 1. The van der Waals surface area contributed by atoms with E-state index in [2.05, 4.69) is 21.2 Å². The molecule has 1 rings (SSSR count). The quantitative estimate of drug-likeness (QED) is 0.779. The molecule has 1 amide bonds. The number of carboxylic acid groups (broad SMARTS) is 1. The van der Waals surface area contributed by atoms with Crippen molar-refractivity contribution in [2.45, 2.75) is 19.4 Å². The van der Waals surface area contributed by atoms with E-state index in [1.54, 1.807) is 18.2 Å². The molecule has 0 aliphatic heterocycles. The minimum absolute atomic E-state index is 0.177. The third-order valence-electron chi connectivity index (χ3n) is 2.75. The van der Waals surface area contributed by atoms with Crippen LogP contribution in [0.4, 0.5) is 0 Å². The van der Waals surface area contributed by atoms with E-state index in [1.165, 1.54) is 0 Å². The SMILES string of the molecule is Cc1ccc(Br)c(C(=O)NC(CCS(C)(=O)=O)C(=O)O)c1. The monoisotopic (exact) mass is 377 g/mol. The maximum Gasteiger partial charge on any atom is 0.326 e. The Morgan fingerprint density at radius 1 is 1.38 bits per heavy atom. The number of carbonyl (C=O) groups excluding carboxylic acids is 1. The first-order chi connectivity index (χ1) is 9.60. The number of halogens is 1. The van der Waals surface area contributed by atoms with E-state index in [1.807, 2.05) is 6.92 Å². The molecule has 6 nitrogen and oxygen atoms in total. The molecule has 1 atom stereocenters. The van der Waals surface area contributed by atoms with Crippen LogP contribution < -0.4 is 5.32 Å². The minimum atomic E-state index is -3.29. The number of aliphatic carboxylic acids is 1. The van der Waals surface area contributed by atoms with Gasteiger partial charge in [0.15, 0.2) is 0 Å². The molecule has 0 saturated carbocycles. The van der Waals surface area contributed by atoms with Gasteiger partial charge in [-0.25, -0.2) is 13.2 Å². The van der Waals surface area contributed by atoms with E-state index < -0.39 is 27.8 Å². The molecule has 21 heavy (non-hydrogen) atoms. The average molecular weight is 378 g/mol. The highest BCUT2D eigenvalue weighted by Crippen LogP contribution is 2.18. The van der Waals surface area contributed by atoms with Crippen LogP contribution in [-0.2, 0) is 14.6 Å². The first-order valence-corrected chi connectivity index (χ1v) is 8.93. The van der Waals surface area contributed by atoms with E-state index in [0.29, 0.717) is 10.0 Å². The van der Waals surface area contributed by atoms with Gasteiger partial charge in [-0.05, 0) is 41.4 Å². The number of hydrogen-bond acceptors (Lipinski definition) is 4. The molecule has 0 heterocycles. The fourth-order valence-electron chi connectivity index (χ4n) is 1.64. The Morgan fingerprint density at radius 3 is 2.52 bits per heavy atom. The van der Waals surface area contributed by atoms with Crippen molar-refractivity contribution in [1.82, 2.24) is 5.32 Å². The third-order valence-corrected chi connectivity index (χ3v) is 4.42. The molecule has 0 bridgehead atoms. The Labute approximate surface area is 131 Å². The molecule has 1 aromatic carbocycles. The van der Waals surface area contributed by atoms with Crippen LogP contribution in [0.25, 0.3) is 0 Å². The molecule has 2 N–H and O–H groups in total. The van der Waals surface area contributed by atoms with Crippen LogP contribution in [0.3, 0.4) is 0 Å². The van der Waals surface area contributed by atoms with E-state index in [-0.39, 0.29) is 12.2 Å². The molecular weight excluding hydrogens is 362 g/mol. The van der Waals surface area contributed by atoms with Crippen LogP contribution in [0.15, 0.2) is 22.7 Å². The van der Waals surface area contributed by atoms with Gasteiger partial charge in [0, 0.05) is 10.7 Å². The van der Waals surface area contributed by atoms with E-state index in [9.17, 15) is 18.0 Å². The van der Waals surface area contributed by atoms with Crippen LogP contribution in [0, 0.1) is 6.92 Å². The molecule has 8 heteroatoms. The summed E-state index contributed by atoms with van der Waals surface area (Å²) in [6.45, 7) is 1.81. The molecule has 1 unspecified atom stereocenters. The molecule has 0 spiro atoms. The lowest BCUT2D eigenvalue weighted by Gasteiger charge is -2.15. The highest BCUT2D eigenvalue weighted by atomic mass is 79.9. The number of carboxylic acids is 1. The zero-order chi connectivity index (χ0) is 16.2. The van der Waals surface area contributed by atoms with Gasteiger partial charge < -0.3 is 10.4 Å². The fourth-order valence-corrected chi connectivity index (χ4v) is 2.73. The number of benzene rings is 1. The normalized spacial score (nSPS) is 12.7. The van der Waals surface area contributed by atoms with E-state index in [0.717, 1.165) is 11.8 Å². The van der Waals surface area contributed by atoms with Crippen molar-refractivity contribution < 1.29 is 23.1 Å². The Hall–Kier alpha value is -1.41. The van der Waals surface area contributed by atoms with Crippen molar-refractivity contribution >= 4 is 37.6 Å². The van der Waals surface area contributed by atoms with Crippen molar-refractivity contribution in [3.63, 3.8) is 0 Å². The van der Waals surface area contributed by atoms with Crippen LogP contribution in [0.1, 0.15) is 22.3 Å². The minimum Gasteiger partial charge on any atom is -0.480 e. The second kappa shape index (κ2) is 7.04. The van der Waals surface area contributed by atoms with Gasteiger partial charge in [-0.15, -0.1) is 0 Å². The van der Waals surface area contributed by atoms with Crippen LogP contribution in [-0.4, -0.2) is 43.5 Å². The van der Waals surface area contributed by atoms with Crippen LogP contribution in [0.2, 0.25) is 0 Å². The summed E-state index contributed by atoms with van der Waals surface area (Å²) >= 11 is 3.22. The maximum absolute atomic E-state index is 12.1. The summed E-state index contributed by atoms with van der Waals surface area (Å²) in [5.41, 5.74) is 1.16. The standard InChI is InChI=1S/C13H16BrNO5S/c1-8-3-4-10(14)9(7-8)12(16)15-11(13(17)18)5-6-21(2,19)20/h3-4,7,11H,5-6H2,1-2H3,(H,15,16)(H,17,18). The first kappa shape index (κ1) is 17.6. The summed E-state index contributed by atoms with van der Waals surface area (Å²) in [7, 11) is -3.29. The number of aryl methyl sites for hydroxylation is 1. The van der Waals surface area contributed by atoms with Crippen molar-refractivity contribution in [3.05, 3.63) is 33.8 Å². The summed E-state index contributed by atoms with van der Waals surface area (Å²) in [6.07, 6.45) is 0.841. The molecule has 0 radical (unpaired) electrons. The summed E-state index contributed by atoms with van der Waals surface area (Å²) < 4.78 is 22.7. The summed E-state index contributed by atoms with van der Waals surface area (Å²) in [5.74, 6) is -2.14. The molecule has 0 aromatic heterocycles. The third kappa shape index (κ3) is 5.84. The molecule has 0 aliphatic carbocycles. The molecular formula is C13H16BrNO5S. The number of hydrogen-bond donors (Lipinski definition) is 2. The topological polar surface area (TPSA) is 101 Å². The van der Waals surface area contributed by atoms with Crippen LogP contribution in [0.5, 0.6) is 0 Å². The maximum atomic E-state index is 12.1. The van der Waals surface area contributed by atoms with Gasteiger partial charge in [-0.2, -0.15) is 0 Å². The van der Waals surface area contributed by atoms with E-state index in [4.69, 9.17) is 5.11 Å². The van der Waals surface area contributed by atoms with Crippen LogP contribution >= 0.6 is 15.9 Å². The highest BCUT2D eigenvalue weighted by Gasteiger charge is 2.23. The predicted molar refractivity (Wildman–Crippen MR) is 82.1 cm³/mol. The molecule has 0 saturated heterocycles. The van der Waals surface area contributed by atoms with Gasteiger partial charge >= 0.3 is 5.97 Å². The number of sulfone groups is 1. The Bertz CT molecular complexity index is 657. The lowest BCUT2D eigenvalue weighted by atomic mass is 10.1. The zero-order valence-corrected chi connectivity index (χ0v) is 14.0. The van der Waals surface area contributed by atoms with Crippen molar-refractivity contribution in [2.75, 3.05) is 12.0 Å². The lowest BCUT2D eigenvalue weighted by molar-refractivity contribution is -0.139. The predicted octanol–water partition coefficient (Wildman–Crippen LogP) is 1.38. The van der Waals surface area contributed by atoms with Gasteiger partial charge in [0.05, 0.1) is 11.3 Å². The number of amides is 1. The zero-order valence-electron chi connectivity index (χ0n) is 11.6. The second-order valence-electron chi connectivity index (χ2n) is 4.77. The van der Waals surface area contributed by atoms with Crippen molar-refractivity contribution in [2.24, 2.45) is 0 Å². The molecule has 0 fully saturated rings.